The lowest BCUT2D eigenvalue weighted by molar-refractivity contribution is -0.153. The highest BCUT2D eigenvalue weighted by molar-refractivity contribution is 7.89. The van der Waals surface area contributed by atoms with Crippen LogP contribution in [0.3, 0.4) is 0 Å². The molecule has 13 heteroatoms. The van der Waals surface area contributed by atoms with Crippen LogP contribution >= 0.6 is 0 Å². The third kappa shape index (κ3) is 7.82. The van der Waals surface area contributed by atoms with Gasteiger partial charge in [0.25, 0.3) is 5.91 Å². The minimum Gasteiger partial charge on any atom is -0.497 e. The van der Waals surface area contributed by atoms with Crippen molar-refractivity contribution in [2.75, 3.05) is 46.5 Å². The number of piperidine rings is 1. The third-order valence-electron chi connectivity index (χ3n) is 7.27. The zero-order valence-electron chi connectivity index (χ0n) is 23.3. The number of nitrogens with zero attached hydrogens (tertiary/aromatic N) is 2. The van der Waals surface area contributed by atoms with Gasteiger partial charge in [-0.2, -0.15) is 17.5 Å². The number of amides is 1. The molecule has 2 aliphatic rings. The molecular formula is C29H35F3N2O7S. The third-order valence-corrected chi connectivity index (χ3v) is 9.18. The van der Waals surface area contributed by atoms with Crippen molar-refractivity contribution in [3.63, 3.8) is 0 Å². The number of halogens is 3. The summed E-state index contributed by atoms with van der Waals surface area (Å²) >= 11 is 0. The van der Waals surface area contributed by atoms with Crippen LogP contribution in [0.1, 0.15) is 42.7 Å². The van der Waals surface area contributed by atoms with E-state index in [-0.39, 0.29) is 42.7 Å². The fraction of sp³-hybridized carbons (Fsp3) is 0.483. The van der Waals surface area contributed by atoms with E-state index < -0.39 is 40.6 Å². The van der Waals surface area contributed by atoms with Crippen molar-refractivity contribution >= 4 is 15.9 Å². The first-order valence-corrected chi connectivity index (χ1v) is 15.2. The molecular weight excluding hydrogens is 577 g/mol. The van der Waals surface area contributed by atoms with Gasteiger partial charge in [0.2, 0.25) is 16.3 Å². The van der Waals surface area contributed by atoms with Gasteiger partial charge < -0.3 is 24.2 Å². The fourth-order valence-electron chi connectivity index (χ4n) is 4.96. The Labute approximate surface area is 243 Å². The van der Waals surface area contributed by atoms with Crippen LogP contribution in [0.5, 0.6) is 5.75 Å². The maximum absolute atomic E-state index is 13.3. The first-order valence-electron chi connectivity index (χ1n) is 13.7. The number of alkyl halides is 3. The molecule has 0 aromatic heterocycles. The van der Waals surface area contributed by atoms with E-state index in [2.05, 4.69) is 0 Å². The quantitative estimate of drug-likeness (QED) is 0.407. The van der Waals surface area contributed by atoms with E-state index >= 15 is 0 Å². The Kier molecular flexibility index (Phi) is 10.5. The summed E-state index contributed by atoms with van der Waals surface area (Å²) in [7, 11) is -2.50. The van der Waals surface area contributed by atoms with Crippen LogP contribution in [-0.4, -0.2) is 81.4 Å². The summed E-state index contributed by atoms with van der Waals surface area (Å²) in [6.07, 6.45) is -0.857. The summed E-state index contributed by atoms with van der Waals surface area (Å²) in [5.41, 5.74) is -0.213. The molecule has 9 nitrogen and oxygen atoms in total. The molecule has 230 valence electrons. The highest BCUT2D eigenvalue weighted by Gasteiger charge is 2.34. The van der Waals surface area contributed by atoms with Gasteiger partial charge in [0, 0.05) is 38.5 Å². The highest BCUT2D eigenvalue weighted by atomic mass is 32.2. The number of carbonyl (C=O) groups is 1. The summed E-state index contributed by atoms with van der Waals surface area (Å²) in [5, 5.41) is 9.52. The summed E-state index contributed by atoms with van der Waals surface area (Å²) in [6.45, 7) is 0.340. The van der Waals surface area contributed by atoms with Gasteiger partial charge in [-0.1, -0.05) is 12.1 Å². The predicted molar refractivity (Wildman–Crippen MR) is 147 cm³/mol. The zero-order chi connectivity index (χ0) is 30.3. The molecule has 2 aromatic rings. The molecule has 1 saturated heterocycles. The van der Waals surface area contributed by atoms with Crippen LogP contribution < -0.4 is 4.74 Å². The fourth-order valence-corrected chi connectivity index (χ4v) is 6.38. The molecule has 0 aliphatic carbocycles. The maximum Gasteiger partial charge on any atom is 0.416 e. The van der Waals surface area contributed by atoms with Gasteiger partial charge in [-0.15, -0.1) is 0 Å². The van der Waals surface area contributed by atoms with Crippen LogP contribution in [0.15, 0.2) is 65.3 Å². The number of benzene rings is 2. The van der Waals surface area contributed by atoms with Crippen LogP contribution in [0.4, 0.5) is 13.2 Å². The molecule has 0 radical (unpaired) electrons. The number of sulfonamides is 1. The van der Waals surface area contributed by atoms with Crippen LogP contribution in [-0.2, 0) is 30.5 Å². The van der Waals surface area contributed by atoms with E-state index in [0.29, 0.717) is 24.4 Å². The van der Waals surface area contributed by atoms with E-state index in [9.17, 15) is 31.5 Å². The number of hydrogen-bond donors (Lipinski definition) is 1. The molecule has 2 aromatic carbocycles. The SMILES string of the molecule is COc1ccc(S(=O)(=O)N(CCO)CCO[C@@H]2C[C@H](c3ccc(C(F)(F)F)cc3)C=C(C(=O)N3CCCCC3)O2)cc1. The normalized spacial score (nSPS) is 19.8. The number of aliphatic hydroxyl groups is 1. The van der Waals surface area contributed by atoms with Gasteiger partial charge in [0.05, 0.1) is 30.8 Å². The highest BCUT2D eigenvalue weighted by Crippen LogP contribution is 2.35. The van der Waals surface area contributed by atoms with Gasteiger partial charge in [-0.3, -0.25) is 4.79 Å². The Hall–Kier alpha value is -3.13. The lowest BCUT2D eigenvalue weighted by atomic mass is 9.92. The van der Waals surface area contributed by atoms with Crippen LogP contribution in [0, 0.1) is 0 Å². The molecule has 0 bridgehead atoms. The second kappa shape index (κ2) is 13.9. The Bertz CT molecular complexity index is 1330. The van der Waals surface area contributed by atoms with Crippen molar-refractivity contribution in [1.82, 2.24) is 9.21 Å². The minimum atomic E-state index is -4.47. The standard InChI is InChI=1S/C29H35F3N2O7S/c1-39-24-9-11-25(12-10-24)42(37,38)34(15-17-35)16-18-40-27-20-22(21-5-7-23(8-6-21)29(30,31)32)19-26(41-27)28(36)33-13-3-2-4-14-33/h5-12,19,22,27,35H,2-4,13-18,20H2,1H3/t22-,27+/m1/s1. The number of methoxy groups -OCH3 is 1. The number of ether oxygens (including phenoxy) is 3. The predicted octanol–water partition coefficient (Wildman–Crippen LogP) is 4.14. The van der Waals surface area contributed by atoms with Gasteiger partial charge in [-0.05, 0) is 67.3 Å². The van der Waals surface area contributed by atoms with Crippen LogP contribution in [0.2, 0.25) is 0 Å². The smallest absolute Gasteiger partial charge is 0.416 e. The largest absolute Gasteiger partial charge is 0.497 e. The van der Waals surface area contributed by atoms with Gasteiger partial charge in [0.1, 0.15) is 5.75 Å². The average molecular weight is 613 g/mol. The Morgan fingerprint density at radius 3 is 2.31 bits per heavy atom. The molecule has 1 amide bonds. The second-order valence-electron chi connectivity index (χ2n) is 10.1. The second-order valence-corrected chi connectivity index (χ2v) is 12.0. The van der Waals surface area contributed by atoms with E-state index in [1.165, 1.54) is 43.5 Å². The minimum absolute atomic E-state index is 0.0189. The van der Waals surface area contributed by atoms with Crippen molar-refractivity contribution in [3.05, 3.63) is 71.5 Å². The number of carbonyl (C=O) groups excluding carboxylic acids is 1. The van der Waals surface area contributed by atoms with Crippen molar-refractivity contribution in [2.45, 2.75) is 49.0 Å². The van der Waals surface area contributed by atoms with E-state index in [0.717, 1.165) is 35.7 Å². The Balaban J connectivity index is 1.49. The molecule has 0 spiro atoms. The van der Waals surface area contributed by atoms with E-state index in [1.54, 1.807) is 11.0 Å². The van der Waals surface area contributed by atoms with Gasteiger partial charge in [0.15, 0.2) is 5.76 Å². The topological polar surface area (TPSA) is 106 Å². The molecule has 0 saturated carbocycles. The van der Waals surface area contributed by atoms with Crippen molar-refractivity contribution < 1.29 is 45.7 Å². The molecule has 1 N–H and O–H groups in total. The summed E-state index contributed by atoms with van der Waals surface area (Å²) < 4.78 is 83.7. The number of aliphatic hydroxyl groups excluding tert-OH is 1. The average Bonchev–Trinajstić information content (AvgIpc) is 3.00. The molecule has 2 atom stereocenters. The molecule has 1 fully saturated rings. The van der Waals surface area contributed by atoms with Crippen molar-refractivity contribution in [3.8, 4) is 5.75 Å². The first-order chi connectivity index (χ1) is 20.0. The number of allylic oxidation sites excluding steroid dienone is 1. The summed E-state index contributed by atoms with van der Waals surface area (Å²) in [6, 6.07) is 10.6. The van der Waals surface area contributed by atoms with Crippen molar-refractivity contribution in [1.29, 1.82) is 0 Å². The zero-order valence-corrected chi connectivity index (χ0v) is 24.1. The Morgan fingerprint density at radius 1 is 1.05 bits per heavy atom. The lowest BCUT2D eigenvalue weighted by Gasteiger charge is -2.33. The number of rotatable bonds is 11. The number of likely N-dealkylation sites (tertiary alicyclic amines) is 1. The molecule has 4 rings (SSSR count). The molecule has 2 aliphatic heterocycles. The lowest BCUT2D eigenvalue weighted by Crippen LogP contribution is -2.40. The van der Waals surface area contributed by atoms with Gasteiger partial charge in [-0.25, -0.2) is 8.42 Å². The van der Waals surface area contributed by atoms with Crippen LogP contribution in [0.25, 0.3) is 0 Å². The number of hydrogen-bond acceptors (Lipinski definition) is 7. The monoisotopic (exact) mass is 612 g/mol. The Morgan fingerprint density at radius 2 is 1.71 bits per heavy atom. The summed E-state index contributed by atoms with van der Waals surface area (Å²) in [4.78, 5) is 15.0. The summed E-state index contributed by atoms with van der Waals surface area (Å²) in [5.74, 6) is -0.239. The van der Waals surface area contributed by atoms with E-state index in [4.69, 9.17) is 14.2 Å². The van der Waals surface area contributed by atoms with Crippen molar-refractivity contribution in [2.24, 2.45) is 0 Å². The molecule has 42 heavy (non-hydrogen) atoms. The molecule has 2 heterocycles. The van der Waals surface area contributed by atoms with Gasteiger partial charge >= 0.3 is 6.18 Å². The molecule has 0 unspecified atom stereocenters. The van der Waals surface area contributed by atoms with E-state index in [1.807, 2.05) is 0 Å². The maximum atomic E-state index is 13.3. The first kappa shape index (κ1) is 31.8.